The van der Waals surface area contributed by atoms with Crippen molar-refractivity contribution in [2.45, 2.75) is 19.8 Å². The monoisotopic (exact) mass is 294 g/mol. The summed E-state index contributed by atoms with van der Waals surface area (Å²) in [4.78, 5) is 25.9. The summed E-state index contributed by atoms with van der Waals surface area (Å²) in [6.07, 6.45) is 1.34. The maximum Gasteiger partial charge on any atom is 0.255 e. The normalized spacial score (nSPS) is 12.9. The van der Waals surface area contributed by atoms with E-state index in [1.54, 1.807) is 12.1 Å². The number of benzene rings is 2. The van der Waals surface area contributed by atoms with Gasteiger partial charge in [0.15, 0.2) is 0 Å². The molecule has 22 heavy (non-hydrogen) atoms. The first kappa shape index (κ1) is 14.3. The molecule has 2 amide bonds. The summed E-state index contributed by atoms with van der Waals surface area (Å²) in [5, 5.41) is 2.90. The number of anilines is 2. The maximum absolute atomic E-state index is 12.2. The molecular formula is C18H18N2O2. The van der Waals surface area contributed by atoms with Gasteiger partial charge in [-0.25, -0.2) is 0 Å². The van der Waals surface area contributed by atoms with Crippen molar-refractivity contribution in [1.82, 2.24) is 0 Å². The number of nitrogens with one attached hydrogen (secondary N) is 1. The van der Waals surface area contributed by atoms with Crippen molar-refractivity contribution < 1.29 is 9.59 Å². The molecule has 2 aromatic carbocycles. The molecule has 4 nitrogen and oxygen atoms in total. The molecule has 0 atom stereocenters. The molecule has 1 aliphatic rings. The van der Waals surface area contributed by atoms with Crippen LogP contribution in [0.4, 0.5) is 11.4 Å². The smallest absolute Gasteiger partial charge is 0.255 e. The number of amides is 2. The van der Waals surface area contributed by atoms with E-state index in [9.17, 15) is 9.59 Å². The van der Waals surface area contributed by atoms with Crippen molar-refractivity contribution in [3.05, 3.63) is 59.7 Å². The Labute approximate surface area is 129 Å². The van der Waals surface area contributed by atoms with Crippen LogP contribution in [0.1, 0.15) is 29.3 Å². The fourth-order valence-electron chi connectivity index (χ4n) is 2.72. The lowest BCUT2D eigenvalue weighted by Crippen LogP contribution is -2.27. The Bertz CT molecular complexity index is 710. The second-order valence-corrected chi connectivity index (χ2v) is 5.31. The maximum atomic E-state index is 12.2. The lowest BCUT2D eigenvalue weighted by Gasteiger charge is -2.16. The van der Waals surface area contributed by atoms with Crippen molar-refractivity contribution in [1.29, 1.82) is 0 Å². The van der Waals surface area contributed by atoms with Crippen molar-refractivity contribution in [3.63, 3.8) is 0 Å². The Morgan fingerprint density at radius 3 is 2.64 bits per heavy atom. The molecule has 1 aliphatic heterocycles. The van der Waals surface area contributed by atoms with Gasteiger partial charge in [0.2, 0.25) is 5.91 Å². The van der Waals surface area contributed by atoms with E-state index in [1.165, 1.54) is 0 Å². The molecule has 0 fully saturated rings. The van der Waals surface area contributed by atoms with E-state index >= 15 is 0 Å². The Balaban J connectivity index is 1.78. The summed E-state index contributed by atoms with van der Waals surface area (Å²) in [6, 6.07) is 14.8. The van der Waals surface area contributed by atoms with Gasteiger partial charge in [0.1, 0.15) is 0 Å². The minimum absolute atomic E-state index is 0.125. The van der Waals surface area contributed by atoms with Gasteiger partial charge in [0.25, 0.3) is 5.91 Å². The number of nitrogens with zero attached hydrogens (tertiary/aromatic N) is 1. The van der Waals surface area contributed by atoms with Gasteiger partial charge >= 0.3 is 0 Å². The second kappa shape index (κ2) is 6.02. The van der Waals surface area contributed by atoms with Gasteiger partial charge in [-0.1, -0.05) is 25.1 Å². The molecule has 1 heterocycles. The number of carbonyl (C=O) groups is 2. The predicted molar refractivity (Wildman–Crippen MR) is 87.2 cm³/mol. The average Bonchev–Trinajstić information content (AvgIpc) is 2.98. The number of hydrogen-bond donors (Lipinski definition) is 1. The fraction of sp³-hybridized carbons (Fsp3) is 0.222. The summed E-state index contributed by atoms with van der Waals surface area (Å²) in [5.41, 5.74) is 3.46. The highest BCUT2D eigenvalue weighted by molar-refractivity contribution is 6.04. The van der Waals surface area contributed by atoms with Crippen LogP contribution in [-0.2, 0) is 11.2 Å². The molecule has 1 N–H and O–H groups in total. The molecule has 0 unspecified atom stereocenters. The molecule has 4 heteroatoms. The summed E-state index contributed by atoms with van der Waals surface area (Å²) in [7, 11) is 0. The topological polar surface area (TPSA) is 49.4 Å². The summed E-state index contributed by atoms with van der Waals surface area (Å²) >= 11 is 0. The van der Waals surface area contributed by atoms with Crippen LogP contribution in [0.25, 0.3) is 0 Å². The molecular weight excluding hydrogens is 276 g/mol. The molecule has 0 aliphatic carbocycles. The van der Waals surface area contributed by atoms with Crippen molar-refractivity contribution in [2.24, 2.45) is 0 Å². The van der Waals surface area contributed by atoms with Crippen molar-refractivity contribution in [3.8, 4) is 0 Å². The molecule has 112 valence electrons. The van der Waals surface area contributed by atoms with Crippen LogP contribution in [-0.4, -0.2) is 18.4 Å². The first-order valence-corrected chi connectivity index (χ1v) is 7.48. The highest BCUT2D eigenvalue weighted by Gasteiger charge is 2.23. The number of carbonyl (C=O) groups excluding carboxylic acids is 2. The van der Waals surface area contributed by atoms with Crippen LogP contribution >= 0.6 is 0 Å². The summed E-state index contributed by atoms with van der Waals surface area (Å²) in [6.45, 7) is 2.59. The quantitative estimate of drug-likeness (QED) is 0.944. The van der Waals surface area contributed by atoms with Crippen LogP contribution in [0.2, 0.25) is 0 Å². The highest BCUT2D eigenvalue weighted by atomic mass is 16.2. The van der Waals surface area contributed by atoms with Crippen molar-refractivity contribution in [2.75, 3.05) is 16.8 Å². The SMILES string of the molecule is CCC(=O)N1CCc2cc(NC(=O)c3ccccc3)ccc21. The van der Waals surface area contributed by atoms with Gasteiger partial charge in [-0.05, 0) is 42.3 Å². The average molecular weight is 294 g/mol. The largest absolute Gasteiger partial charge is 0.322 e. The number of hydrogen-bond acceptors (Lipinski definition) is 2. The van der Waals surface area contributed by atoms with Gasteiger partial charge in [-0.2, -0.15) is 0 Å². The van der Waals surface area contributed by atoms with E-state index < -0.39 is 0 Å². The van der Waals surface area contributed by atoms with Gasteiger partial charge < -0.3 is 10.2 Å². The third-order valence-corrected chi connectivity index (χ3v) is 3.87. The van der Waals surface area contributed by atoms with Gasteiger partial charge in [0, 0.05) is 29.9 Å². The first-order chi connectivity index (χ1) is 10.7. The minimum Gasteiger partial charge on any atom is -0.322 e. The van der Waals surface area contributed by atoms with Crippen LogP contribution in [0.3, 0.4) is 0 Å². The van der Waals surface area contributed by atoms with Crippen LogP contribution in [0, 0.1) is 0 Å². The van der Waals surface area contributed by atoms with Crippen LogP contribution in [0.5, 0.6) is 0 Å². The lowest BCUT2D eigenvalue weighted by molar-refractivity contribution is -0.118. The van der Waals surface area contributed by atoms with E-state index in [-0.39, 0.29) is 11.8 Å². The zero-order chi connectivity index (χ0) is 15.5. The van der Waals surface area contributed by atoms with E-state index in [2.05, 4.69) is 5.32 Å². The molecule has 0 saturated heterocycles. The number of fused-ring (bicyclic) bond motifs is 1. The lowest BCUT2D eigenvalue weighted by atomic mass is 10.1. The molecule has 0 spiro atoms. The Kier molecular flexibility index (Phi) is 3.92. The van der Waals surface area contributed by atoms with E-state index in [0.29, 0.717) is 12.0 Å². The summed E-state index contributed by atoms with van der Waals surface area (Å²) in [5.74, 6) is 0.0138. The third kappa shape index (κ3) is 2.72. The van der Waals surface area contributed by atoms with Gasteiger partial charge in [-0.15, -0.1) is 0 Å². The standard InChI is InChI=1S/C18H18N2O2/c1-2-17(21)20-11-10-14-12-15(8-9-16(14)20)19-18(22)13-6-4-3-5-7-13/h3-9,12H,2,10-11H2,1H3,(H,19,22). The summed E-state index contributed by atoms with van der Waals surface area (Å²) < 4.78 is 0. The van der Waals surface area contributed by atoms with E-state index in [1.807, 2.05) is 48.2 Å². The highest BCUT2D eigenvalue weighted by Crippen LogP contribution is 2.31. The molecule has 0 radical (unpaired) electrons. The Hall–Kier alpha value is -2.62. The van der Waals surface area contributed by atoms with Gasteiger partial charge in [0.05, 0.1) is 0 Å². The zero-order valence-corrected chi connectivity index (χ0v) is 12.5. The zero-order valence-electron chi connectivity index (χ0n) is 12.5. The van der Waals surface area contributed by atoms with Crippen molar-refractivity contribution >= 4 is 23.2 Å². The number of rotatable bonds is 3. The van der Waals surface area contributed by atoms with Crippen LogP contribution < -0.4 is 10.2 Å². The molecule has 2 aromatic rings. The molecule has 0 bridgehead atoms. The van der Waals surface area contributed by atoms with E-state index in [0.717, 1.165) is 29.9 Å². The Morgan fingerprint density at radius 1 is 1.14 bits per heavy atom. The molecule has 0 aromatic heterocycles. The second-order valence-electron chi connectivity index (χ2n) is 5.31. The molecule has 0 saturated carbocycles. The molecule has 3 rings (SSSR count). The Morgan fingerprint density at radius 2 is 1.91 bits per heavy atom. The van der Waals surface area contributed by atoms with Crippen LogP contribution in [0.15, 0.2) is 48.5 Å². The van der Waals surface area contributed by atoms with Gasteiger partial charge in [-0.3, -0.25) is 9.59 Å². The minimum atomic E-state index is -0.125. The predicted octanol–water partition coefficient (Wildman–Crippen LogP) is 3.24. The fourth-order valence-corrected chi connectivity index (χ4v) is 2.72. The first-order valence-electron chi connectivity index (χ1n) is 7.48. The van der Waals surface area contributed by atoms with E-state index in [4.69, 9.17) is 0 Å². The third-order valence-electron chi connectivity index (χ3n) is 3.87.